The van der Waals surface area contributed by atoms with Gasteiger partial charge in [-0.2, -0.15) is 5.10 Å². The summed E-state index contributed by atoms with van der Waals surface area (Å²) in [5.41, 5.74) is 1.67. The molecule has 16 heavy (non-hydrogen) atoms. The minimum absolute atomic E-state index is 0.538. The van der Waals surface area contributed by atoms with Crippen molar-refractivity contribution in [3.63, 3.8) is 0 Å². The van der Waals surface area contributed by atoms with Gasteiger partial charge in [0.05, 0.1) is 17.7 Å². The second-order valence-corrected chi connectivity index (χ2v) is 4.89. The zero-order valence-electron chi connectivity index (χ0n) is 9.02. The Morgan fingerprint density at radius 1 is 1.50 bits per heavy atom. The van der Waals surface area contributed by atoms with Crippen molar-refractivity contribution in [2.75, 3.05) is 0 Å². The molecule has 0 bridgehead atoms. The van der Waals surface area contributed by atoms with Crippen LogP contribution in [0.3, 0.4) is 0 Å². The first-order valence-electron chi connectivity index (χ1n) is 5.51. The van der Waals surface area contributed by atoms with Gasteiger partial charge in [-0.05, 0) is 31.9 Å². The van der Waals surface area contributed by atoms with Gasteiger partial charge in [0.15, 0.2) is 0 Å². The van der Waals surface area contributed by atoms with Crippen molar-refractivity contribution in [2.45, 2.75) is 31.9 Å². The lowest BCUT2D eigenvalue weighted by Gasteiger charge is -2.05. The largest absolute Gasteiger partial charge is 0.389 e. The molecule has 0 aliphatic heterocycles. The third kappa shape index (κ3) is 1.60. The molecule has 1 fully saturated rings. The zero-order valence-corrected chi connectivity index (χ0v) is 9.78. The van der Waals surface area contributed by atoms with E-state index in [1.807, 2.05) is 16.9 Å². The van der Waals surface area contributed by atoms with E-state index in [-0.39, 0.29) is 0 Å². The predicted molar refractivity (Wildman–Crippen MR) is 63.6 cm³/mol. The van der Waals surface area contributed by atoms with Crippen LogP contribution < -0.4 is 0 Å². The van der Waals surface area contributed by atoms with E-state index in [0.717, 1.165) is 16.5 Å². The van der Waals surface area contributed by atoms with Crippen LogP contribution in [-0.4, -0.2) is 14.9 Å². The van der Waals surface area contributed by atoms with Crippen LogP contribution in [0.5, 0.6) is 0 Å². The average molecular weight is 237 g/mol. The molecule has 3 rings (SSSR count). The molecule has 1 atom stereocenters. The summed E-state index contributed by atoms with van der Waals surface area (Å²) in [7, 11) is 0. The molecule has 1 heterocycles. The van der Waals surface area contributed by atoms with E-state index in [1.54, 1.807) is 13.0 Å². The van der Waals surface area contributed by atoms with E-state index in [9.17, 15) is 5.11 Å². The van der Waals surface area contributed by atoms with Crippen molar-refractivity contribution in [3.05, 3.63) is 28.9 Å². The number of fused-ring (bicyclic) bond motifs is 1. The number of benzene rings is 1. The summed E-state index contributed by atoms with van der Waals surface area (Å²) in [6, 6.07) is 4.24. The molecule has 3 nitrogen and oxygen atoms in total. The summed E-state index contributed by atoms with van der Waals surface area (Å²) in [6.07, 6.45) is 3.88. The number of aliphatic hydroxyl groups is 1. The van der Waals surface area contributed by atoms with Gasteiger partial charge in [0.25, 0.3) is 0 Å². The Labute approximate surface area is 98.6 Å². The summed E-state index contributed by atoms with van der Waals surface area (Å²) < 4.78 is 1.99. The lowest BCUT2D eigenvalue weighted by atomic mass is 10.1. The fraction of sp³-hybridized carbons (Fsp3) is 0.417. The Kier molecular flexibility index (Phi) is 2.19. The van der Waals surface area contributed by atoms with Gasteiger partial charge in [-0.15, -0.1) is 0 Å². The molecule has 0 amide bonds. The van der Waals surface area contributed by atoms with Gasteiger partial charge in [-0.3, -0.25) is 4.68 Å². The Bertz CT molecular complexity index is 543. The number of rotatable bonds is 2. The fourth-order valence-corrected chi connectivity index (χ4v) is 2.22. The molecule has 2 aromatic rings. The molecule has 4 heteroatoms. The number of nitrogens with zero attached hydrogens (tertiary/aromatic N) is 2. The average Bonchev–Trinajstić information content (AvgIpc) is 2.98. The van der Waals surface area contributed by atoms with E-state index >= 15 is 0 Å². The van der Waals surface area contributed by atoms with E-state index in [4.69, 9.17) is 11.6 Å². The van der Waals surface area contributed by atoms with Gasteiger partial charge in [0.1, 0.15) is 0 Å². The molecule has 0 radical (unpaired) electrons. The van der Waals surface area contributed by atoms with Gasteiger partial charge >= 0.3 is 0 Å². The van der Waals surface area contributed by atoms with Crippen LogP contribution in [0.4, 0.5) is 0 Å². The first kappa shape index (κ1) is 10.1. The monoisotopic (exact) mass is 236 g/mol. The highest BCUT2D eigenvalue weighted by molar-refractivity contribution is 6.31. The minimum Gasteiger partial charge on any atom is -0.389 e. The number of aromatic nitrogens is 2. The van der Waals surface area contributed by atoms with Crippen molar-refractivity contribution in [2.24, 2.45) is 0 Å². The van der Waals surface area contributed by atoms with Gasteiger partial charge in [-0.1, -0.05) is 11.6 Å². The van der Waals surface area contributed by atoms with Crippen LogP contribution >= 0.6 is 11.6 Å². The van der Waals surface area contributed by atoms with Crippen LogP contribution in [-0.2, 0) is 0 Å². The number of hydrogen-bond acceptors (Lipinski definition) is 2. The molecule has 84 valence electrons. The minimum atomic E-state index is -0.538. The molecule has 1 aromatic heterocycles. The Balaban J connectivity index is 2.23. The first-order valence-corrected chi connectivity index (χ1v) is 5.89. The predicted octanol–water partition coefficient (Wildman–Crippen LogP) is 3.08. The van der Waals surface area contributed by atoms with E-state index in [2.05, 4.69) is 5.10 Å². The van der Waals surface area contributed by atoms with Crippen LogP contribution in [0.1, 0.15) is 37.5 Å². The number of hydrogen-bond donors (Lipinski definition) is 1. The highest BCUT2D eigenvalue weighted by atomic mass is 35.5. The van der Waals surface area contributed by atoms with Crippen molar-refractivity contribution in [3.8, 4) is 0 Å². The summed E-state index contributed by atoms with van der Waals surface area (Å²) >= 11 is 6.02. The van der Waals surface area contributed by atoms with E-state index in [1.165, 1.54) is 12.8 Å². The summed E-state index contributed by atoms with van der Waals surface area (Å²) in [6.45, 7) is 1.74. The zero-order chi connectivity index (χ0) is 11.3. The van der Waals surface area contributed by atoms with Crippen LogP contribution in [0, 0.1) is 0 Å². The van der Waals surface area contributed by atoms with Crippen molar-refractivity contribution < 1.29 is 5.11 Å². The lowest BCUT2D eigenvalue weighted by Crippen LogP contribution is -1.96. The van der Waals surface area contributed by atoms with Crippen LogP contribution in [0.25, 0.3) is 10.9 Å². The maximum Gasteiger partial charge on any atom is 0.0982 e. The molecule has 1 aliphatic rings. The summed E-state index contributed by atoms with van der Waals surface area (Å²) in [4.78, 5) is 0. The second-order valence-electron chi connectivity index (χ2n) is 4.45. The second kappa shape index (κ2) is 3.47. The highest BCUT2D eigenvalue weighted by Gasteiger charge is 2.25. The molecule has 1 saturated carbocycles. The maximum absolute atomic E-state index is 9.70. The Morgan fingerprint density at radius 2 is 2.25 bits per heavy atom. The van der Waals surface area contributed by atoms with Gasteiger partial charge < -0.3 is 5.11 Å². The number of halogens is 1. The van der Waals surface area contributed by atoms with E-state index < -0.39 is 6.10 Å². The van der Waals surface area contributed by atoms with Gasteiger partial charge in [0, 0.05) is 22.2 Å². The standard InChI is InChI=1S/C12H13ClN2O/c1-7(16)11-5-9(13)4-8-6-15(10-2-3-10)14-12(8)11/h4-7,10,16H,2-3H2,1H3. The third-order valence-electron chi connectivity index (χ3n) is 2.99. The molecule has 0 saturated heterocycles. The normalized spacial score (nSPS) is 17.9. The van der Waals surface area contributed by atoms with Gasteiger partial charge in [-0.25, -0.2) is 0 Å². The third-order valence-corrected chi connectivity index (χ3v) is 3.21. The molecule has 1 aromatic carbocycles. The highest BCUT2D eigenvalue weighted by Crippen LogP contribution is 2.36. The lowest BCUT2D eigenvalue weighted by molar-refractivity contribution is 0.200. The molecule has 1 aliphatic carbocycles. The first-order chi connectivity index (χ1) is 7.65. The van der Waals surface area contributed by atoms with Crippen molar-refractivity contribution in [1.82, 2.24) is 9.78 Å². The maximum atomic E-state index is 9.70. The van der Waals surface area contributed by atoms with Crippen molar-refractivity contribution >= 4 is 22.5 Å². The van der Waals surface area contributed by atoms with Crippen LogP contribution in [0.15, 0.2) is 18.3 Å². The molecule has 1 N–H and O–H groups in total. The quantitative estimate of drug-likeness (QED) is 0.870. The van der Waals surface area contributed by atoms with Crippen LogP contribution in [0.2, 0.25) is 5.02 Å². The van der Waals surface area contributed by atoms with E-state index in [0.29, 0.717) is 11.1 Å². The number of aliphatic hydroxyl groups excluding tert-OH is 1. The fourth-order valence-electron chi connectivity index (χ4n) is 1.99. The summed E-state index contributed by atoms with van der Waals surface area (Å²) in [5.74, 6) is 0. The Morgan fingerprint density at radius 3 is 2.88 bits per heavy atom. The molecule has 1 unspecified atom stereocenters. The molecule has 0 spiro atoms. The molecular weight excluding hydrogens is 224 g/mol. The van der Waals surface area contributed by atoms with Gasteiger partial charge in [0.2, 0.25) is 0 Å². The smallest absolute Gasteiger partial charge is 0.0982 e. The Hall–Kier alpha value is -1.06. The van der Waals surface area contributed by atoms with Crippen molar-refractivity contribution in [1.29, 1.82) is 0 Å². The molecular formula is C12H13ClN2O. The topological polar surface area (TPSA) is 38.0 Å². The SMILES string of the molecule is CC(O)c1cc(Cl)cc2cn(C3CC3)nc12. The summed E-state index contributed by atoms with van der Waals surface area (Å²) in [5, 5.41) is 15.9.